The lowest BCUT2D eigenvalue weighted by Gasteiger charge is -2.32. The molecule has 2 nitrogen and oxygen atoms in total. The summed E-state index contributed by atoms with van der Waals surface area (Å²) in [7, 11) is 0. The highest BCUT2D eigenvalue weighted by molar-refractivity contribution is 5.82. The van der Waals surface area contributed by atoms with Crippen LogP contribution in [0.15, 0.2) is 12.2 Å². The molecule has 0 amide bonds. The Bertz CT molecular complexity index is 272. The molecule has 0 bridgehead atoms. The molecule has 1 heterocycles. The largest absolute Gasteiger partial charge is 0.299 e. The van der Waals surface area contributed by atoms with E-state index in [4.69, 9.17) is 0 Å². The van der Waals surface area contributed by atoms with E-state index in [-0.39, 0.29) is 0 Å². The number of carbonyl (C=O) groups is 1. The Labute approximate surface area is 98.7 Å². The first-order valence-electron chi connectivity index (χ1n) is 6.71. The van der Waals surface area contributed by atoms with E-state index in [2.05, 4.69) is 24.0 Å². The van der Waals surface area contributed by atoms with Crippen molar-refractivity contribution in [2.75, 3.05) is 13.1 Å². The Hall–Kier alpha value is -0.630. The number of allylic oxidation sites excluding steroid dienone is 1. The van der Waals surface area contributed by atoms with Gasteiger partial charge in [-0.15, -0.1) is 0 Å². The van der Waals surface area contributed by atoms with Crippen LogP contribution in [0.1, 0.15) is 45.4 Å². The maximum absolute atomic E-state index is 12.0. The SMILES string of the molecule is CC=CCN1CCCC1C1CCCCC1=O. The van der Waals surface area contributed by atoms with Gasteiger partial charge in [-0.1, -0.05) is 18.6 Å². The second-order valence-electron chi connectivity index (χ2n) is 5.09. The smallest absolute Gasteiger partial charge is 0.137 e. The Morgan fingerprint density at radius 1 is 1.31 bits per heavy atom. The molecular formula is C14H23NO. The molecule has 0 N–H and O–H groups in total. The van der Waals surface area contributed by atoms with Gasteiger partial charge < -0.3 is 0 Å². The van der Waals surface area contributed by atoms with Gasteiger partial charge in [0.05, 0.1) is 0 Å². The predicted molar refractivity (Wildman–Crippen MR) is 66.4 cm³/mol. The number of carbonyl (C=O) groups excluding carboxylic acids is 1. The van der Waals surface area contributed by atoms with E-state index >= 15 is 0 Å². The molecule has 1 aliphatic heterocycles. The van der Waals surface area contributed by atoms with Gasteiger partial charge in [-0.05, 0) is 39.2 Å². The number of hydrogen-bond acceptors (Lipinski definition) is 2. The average molecular weight is 221 g/mol. The zero-order chi connectivity index (χ0) is 11.4. The number of ketones is 1. The van der Waals surface area contributed by atoms with Crippen LogP contribution in [0.5, 0.6) is 0 Å². The summed E-state index contributed by atoms with van der Waals surface area (Å²) in [6, 6.07) is 0.545. The molecule has 0 radical (unpaired) electrons. The summed E-state index contributed by atoms with van der Waals surface area (Å²) in [4.78, 5) is 14.5. The minimum absolute atomic E-state index is 0.349. The summed E-state index contributed by atoms with van der Waals surface area (Å²) < 4.78 is 0. The van der Waals surface area contributed by atoms with Crippen molar-refractivity contribution in [2.45, 2.75) is 51.5 Å². The monoisotopic (exact) mass is 221 g/mol. The molecule has 2 unspecified atom stereocenters. The molecule has 2 atom stereocenters. The van der Waals surface area contributed by atoms with E-state index in [0.29, 0.717) is 17.7 Å². The Kier molecular flexibility index (Phi) is 4.16. The molecule has 2 fully saturated rings. The second-order valence-corrected chi connectivity index (χ2v) is 5.09. The van der Waals surface area contributed by atoms with Gasteiger partial charge in [0.15, 0.2) is 0 Å². The third kappa shape index (κ3) is 2.54. The van der Waals surface area contributed by atoms with E-state index in [1.165, 1.54) is 25.8 Å². The minimum atomic E-state index is 0.349. The van der Waals surface area contributed by atoms with Crippen LogP contribution in [0.3, 0.4) is 0 Å². The topological polar surface area (TPSA) is 20.3 Å². The van der Waals surface area contributed by atoms with Gasteiger partial charge in [0.2, 0.25) is 0 Å². The van der Waals surface area contributed by atoms with E-state index < -0.39 is 0 Å². The van der Waals surface area contributed by atoms with Crippen molar-refractivity contribution in [3.05, 3.63) is 12.2 Å². The maximum Gasteiger partial charge on any atom is 0.137 e. The van der Waals surface area contributed by atoms with Gasteiger partial charge in [-0.3, -0.25) is 9.69 Å². The van der Waals surface area contributed by atoms with Crippen molar-refractivity contribution in [3.63, 3.8) is 0 Å². The van der Waals surface area contributed by atoms with Gasteiger partial charge >= 0.3 is 0 Å². The summed E-state index contributed by atoms with van der Waals surface area (Å²) in [5.74, 6) is 0.880. The highest BCUT2D eigenvalue weighted by Crippen LogP contribution is 2.32. The quantitative estimate of drug-likeness (QED) is 0.683. The highest BCUT2D eigenvalue weighted by atomic mass is 16.1. The van der Waals surface area contributed by atoms with Crippen molar-refractivity contribution in [2.24, 2.45) is 5.92 Å². The lowest BCUT2D eigenvalue weighted by molar-refractivity contribution is -0.126. The van der Waals surface area contributed by atoms with E-state index in [9.17, 15) is 4.79 Å². The standard InChI is InChI=1S/C14H23NO/c1-2-3-10-15-11-6-8-13(15)12-7-4-5-9-14(12)16/h2-3,12-13H,4-11H2,1H3. The molecule has 1 saturated carbocycles. The maximum atomic E-state index is 12.0. The normalized spacial score (nSPS) is 32.7. The number of likely N-dealkylation sites (tertiary alicyclic amines) is 1. The van der Waals surface area contributed by atoms with Crippen LogP contribution in [-0.2, 0) is 4.79 Å². The molecule has 16 heavy (non-hydrogen) atoms. The van der Waals surface area contributed by atoms with Gasteiger partial charge in [0, 0.05) is 24.9 Å². The molecule has 2 rings (SSSR count). The molecule has 1 saturated heterocycles. The number of Topliss-reactive ketones (excluding diaryl/α,β-unsaturated/α-hetero) is 1. The van der Waals surface area contributed by atoms with Crippen molar-refractivity contribution >= 4 is 5.78 Å². The summed E-state index contributed by atoms with van der Waals surface area (Å²) in [5.41, 5.74) is 0. The molecule has 2 aliphatic rings. The third-order valence-corrected chi connectivity index (χ3v) is 4.06. The van der Waals surface area contributed by atoms with Crippen LogP contribution in [0.2, 0.25) is 0 Å². The predicted octanol–water partition coefficient (Wildman–Crippen LogP) is 2.79. The fourth-order valence-electron chi connectivity index (χ4n) is 3.19. The van der Waals surface area contributed by atoms with Crippen molar-refractivity contribution < 1.29 is 4.79 Å². The summed E-state index contributed by atoms with van der Waals surface area (Å²) in [5, 5.41) is 0. The lowest BCUT2D eigenvalue weighted by atomic mass is 9.82. The number of hydrogen-bond donors (Lipinski definition) is 0. The minimum Gasteiger partial charge on any atom is -0.299 e. The zero-order valence-electron chi connectivity index (χ0n) is 10.3. The van der Waals surface area contributed by atoms with Crippen LogP contribution in [0.25, 0.3) is 0 Å². The van der Waals surface area contributed by atoms with Crippen LogP contribution in [0.4, 0.5) is 0 Å². The molecule has 0 aromatic heterocycles. The van der Waals surface area contributed by atoms with Gasteiger partial charge in [-0.2, -0.15) is 0 Å². The van der Waals surface area contributed by atoms with Crippen molar-refractivity contribution in [3.8, 4) is 0 Å². The van der Waals surface area contributed by atoms with Crippen LogP contribution in [-0.4, -0.2) is 29.8 Å². The van der Waals surface area contributed by atoms with E-state index in [1.54, 1.807) is 0 Å². The molecule has 0 spiro atoms. The first-order chi connectivity index (χ1) is 7.83. The van der Waals surface area contributed by atoms with Gasteiger partial charge in [-0.25, -0.2) is 0 Å². The fraction of sp³-hybridized carbons (Fsp3) is 0.786. The molecule has 2 heteroatoms. The first-order valence-corrected chi connectivity index (χ1v) is 6.71. The molecule has 0 aromatic carbocycles. The van der Waals surface area contributed by atoms with Gasteiger partial charge in [0.25, 0.3) is 0 Å². The Morgan fingerprint density at radius 2 is 2.19 bits per heavy atom. The zero-order valence-corrected chi connectivity index (χ0v) is 10.3. The van der Waals surface area contributed by atoms with Crippen LogP contribution < -0.4 is 0 Å². The van der Waals surface area contributed by atoms with E-state index in [1.807, 2.05) is 0 Å². The Morgan fingerprint density at radius 3 is 2.94 bits per heavy atom. The van der Waals surface area contributed by atoms with Crippen molar-refractivity contribution in [1.82, 2.24) is 4.90 Å². The van der Waals surface area contributed by atoms with Crippen LogP contribution >= 0.6 is 0 Å². The third-order valence-electron chi connectivity index (χ3n) is 4.06. The molecule has 90 valence electrons. The number of rotatable bonds is 3. The molecular weight excluding hydrogens is 198 g/mol. The summed E-state index contributed by atoms with van der Waals surface area (Å²) in [6.45, 7) is 4.28. The molecule has 1 aliphatic carbocycles. The highest BCUT2D eigenvalue weighted by Gasteiger charge is 2.35. The van der Waals surface area contributed by atoms with Gasteiger partial charge in [0.1, 0.15) is 5.78 Å². The lowest BCUT2D eigenvalue weighted by Crippen LogP contribution is -2.40. The van der Waals surface area contributed by atoms with E-state index in [0.717, 1.165) is 25.8 Å². The summed E-state index contributed by atoms with van der Waals surface area (Å²) >= 11 is 0. The van der Waals surface area contributed by atoms with Crippen LogP contribution in [0, 0.1) is 5.92 Å². The van der Waals surface area contributed by atoms with Crippen molar-refractivity contribution in [1.29, 1.82) is 0 Å². The molecule has 0 aromatic rings. The number of nitrogens with zero attached hydrogens (tertiary/aromatic N) is 1. The first kappa shape index (κ1) is 11.8. The average Bonchev–Trinajstić information content (AvgIpc) is 2.75. The fourth-order valence-corrected chi connectivity index (χ4v) is 3.19. The summed E-state index contributed by atoms with van der Waals surface area (Å²) in [6.07, 6.45) is 11.2. The Balaban J connectivity index is 1.98. The second kappa shape index (κ2) is 5.62.